The summed E-state index contributed by atoms with van der Waals surface area (Å²) in [4.78, 5) is 12.5. The highest BCUT2D eigenvalue weighted by Crippen LogP contribution is 2.23. The van der Waals surface area contributed by atoms with Crippen LogP contribution in [0, 0.1) is 6.92 Å². The lowest BCUT2D eigenvalue weighted by atomic mass is 10.1. The molecule has 2 rings (SSSR count). The van der Waals surface area contributed by atoms with Crippen LogP contribution in [0.5, 0.6) is 0 Å². The monoisotopic (exact) mass is 264 g/mol. The van der Waals surface area contributed by atoms with Crippen LogP contribution in [0.3, 0.4) is 0 Å². The normalized spacial score (nSPS) is 10.3. The van der Waals surface area contributed by atoms with Crippen LogP contribution in [-0.2, 0) is 0 Å². The van der Waals surface area contributed by atoms with Gasteiger partial charge in [-0.05, 0) is 35.0 Å². The standard InChI is InChI=1S/C10H9BrN4/c1-6-8(7-2-4-13-5-3-7)15-9(11)10(12)14-6/h2-5H,1H3,(H2,12,14). The number of halogens is 1. The van der Waals surface area contributed by atoms with Gasteiger partial charge in [-0.15, -0.1) is 0 Å². The molecule has 0 fully saturated rings. The van der Waals surface area contributed by atoms with Gasteiger partial charge in [0.25, 0.3) is 0 Å². The van der Waals surface area contributed by atoms with E-state index >= 15 is 0 Å². The van der Waals surface area contributed by atoms with E-state index in [1.54, 1.807) is 12.4 Å². The van der Waals surface area contributed by atoms with E-state index < -0.39 is 0 Å². The average molecular weight is 265 g/mol. The molecule has 2 aromatic rings. The number of anilines is 1. The van der Waals surface area contributed by atoms with Crippen LogP contribution in [0.25, 0.3) is 11.3 Å². The fraction of sp³-hybridized carbons (Fsp3) is 0.100. The molecular weight excluding hydrogens is 256 g/mol. The van der Waals surface area contributed by atoms with Crippen molar-refractivity contribution in [1.29, 1.82) is 0 Å². The quantitative estimate of drug-likeness (QED) is 0.858. The number of aromatic nitrogens is 3. The zero-order chi connectivity index (χ0) is 10.8. The number of nitrogens with zero attached hydrogens (tertiary/aromatic N) is 3. The minimum absolute atomic E-state index is 0.408. The van der Waals surface area contributed by atoms with E-state index in [2.05, 4.69) is 30.9 Å². The minimum atomic E-state index is 0.408. The van der Waals surface area contributed by atoms with E-state index in [4.69, 9.17) is 5.73 Å². The molecule has 5 heteroatoms. The van der Waals surface area contributed by atoms with E-state index in [1.807, 2.05) is 19.1 Å². The Balaban J connectivity index is 2.59. The van der Waals surface area contributed by atoms with Crippen LogP contribution in [0.15, 0.2) is 29.1 Å². The molecule has 0 radical (unpaired) electrons. The van der Waals surface area contributed by atoms with Crippen LogP contribution < -0.4 is 5.73 Å². The first-order chi connectivity index (χ1) is 7.18. The SMILES string of the molecule is Cc1nc(N)c(Br)nc1-c1ccncc1. The lowest BCUT2D eigenvalue weighted by molar-refractivity contribution is 1.11. The molecule has 0 saturated carbocycles. The molecule has 0 aliphatic rings. The highest BCUT2D eigenvalue weighted by atomic mass is 79.9. The van der Waals surface area contributed by atoms with Crippen molar-refractivity contribution in [3.63, 3.8) is 0 Å². The second-order valence-corrected chi connectivity index (χ2v) is 3.82. The molecule has 0 bridgehead atoms. The predicted molar refractivity (Wildman–Crippen MR) is 62.1 cm³/mol. The zero-order valence-corrected chi connectivity index (χ0v) is 9.69. The van der Waals surface area contributed by atoms with E-state index in [0.717, 1.165) is 17.0 Å². The summed E-state index contributed by atoms with van der Waals surface area (Å²) in [5, 5.41) is 0. The minimum Gasteiger partial charge on any atom is -0.381 e. The van der Waals surface area contributed by atoms with Crippen LogP contribution in [0.1, 0.15) is 5.69 Å². The number of hydrogen-bond donors (Lipinski definition) is 1. The van der Waals surface area contributed by atoms with Gasteiger partial charge in [0, 0.05) is 18.0 Å². The van der Waals surface area contributed by atoms with Gasteiger partial charge in [0.15, 0.2) is 5.82 Å². The first kappa shape index (κ1) is 10.0. The molecule has 0 aliphatic carbocycles. The molecule has 0 aliphatic heterocycles. The Bertz CT molecular complexity index is 484. The molecule has 0 aromatic carbocycles. The third-order valence-electron chi connectivity index (χ3n) is 2.01. The molecule has 15 heavy (non-hydrogen) atoms. The molecule has 2 aromatic heterocycles. The van der Waals surface area contributed by atoms with Crippen molar-refractivity contribution in [2.24, 2.45) is 0 Å². The third kappa shape index (κ3) is 1.97. The molecule has 0 saturated heterocycles. The van der Waals surface area contributed by atoms with Crippen molar-refractivity contribution in [2.75, 3.05) is 5.73 Å². The Morgan fingerprint density at radius 3 is 2.53 bits per heavy atom. The molecule has 2 N–H and O–H groups in total. The lowest BCUT2D eigenvalue weighted by Crippen LogP contribution is -1.99. The van der Waals surface area contributed by atoms with Crippen molar-refractivity contribution in [2.45, 2.75) is 6.92 Å². The number of nitrogen functional groups attached to an aromatic ring is 1. The summed E-state index contributed by atoms with van der Waals surface area (Å²) in [7, 11) is 0. The summed E-state index contributed by atoms with van der Waals surface area (Å²) < 4.78 is 0.569. The smallest absolute Gasteiger partial charge is 0.156 e. The van der Waals surface area contributed by atoms with E-state index in [1.165, 1.54) is 0 Å². The van der Waals surface area contributed by atoms with Gasteiger partial charge in [0.2, 0.25) is 0 Å². The predicted octanol–water partition coefficient (Wildman–Crippen LogP) is 2.19. The van der Waals surface area contributed by atoms with E-state index in [9.17, 15) is 0 Å². The van der Waals surface area contributed by atoms with Crippen molar-refractivity contribution in [3.8, 4) is 11.3 Å². The van der Waals surface area contributed by atoms with Gasteiger partial charge in [-0.1, -0.05) is 0 Å². The molecule has 0 atom stereocenters. The Labute approximate surface area is 95.7 Å². The van der Waals surface area contributed by atoms with Gasteiger partial charge in [-0.25, -0.2) is 9.97 Å². The number of pyridine rings is 1. The van der Waals surface area contributed by atoms with Gasteiger partial charge in [0.1, 0.15) is 4.60 Å². The highest BCUT2D eigenvalue weighted by molar-refractivity contribution is 9.10. The zero-order valence-electron chi connectivity index (χ0n) is 8.11. The van der Waals surface area contributed by atoms with Gasteiger partial charge >= 0.3 is 0 Å². The van der Waals surface area contributed by atoms with Crippen LogP contribution in [-0.4, -0.2) is 15.0 Å². The van der Waals surface area contributed by atoms with Crippen molar-refractivity contribution in [3.05, 3.63) is 34.8 Å². The van der Waals surface area contributed by atoms with Gasteiger partial charge < -0.3 is 5.73 Å². The van der Waals surface area contributed by atoms with Crippen LogP contribution in [0.2, 0.25) is 0 Å². The fourth-order valence-corrected chi connectivity index (χ4v) is 1.57. The molecule has 4 nitrogen and oxygen atoms in total. The number of aryl methyl sites for hydroxylation is 1. The fourth-order valence-electron chi connectivity index (χ4n) is 1.30. The summed E-state index contributed by atoms with van der Waals surface area (Å²) in [6.45, 7) is 1.88. The summed E-state index contributed by atoms with van der Waals surface area (Å²) >= 11 is 3.26. The molecule has 0 unspecified atom stereocenters. The Hall–Kier alpha value is -1.49. The molecule has 76 valence electrons. The summed E-state index contributed by atoms with van der Waals surface area (Å²) in [5.41, 5.74) is 8.24. The first-order valence-corrected chi connectivity index (χ1v) is 5.18. The maximum atomic E-state index is 5.63. The summed E-state index contributed by atoms with van der Waals surface area (Å²) in [5.74, 6) is 0.408. The van der Waals surface area contributed by atoms with Gasteiger partial charge in [-0.3, -0.25) is 4.98 Å². The lowest BCUT2D eigenvalue weighted by Gasteiger charge is -2.06. The number of hydrogen-bond acceptors (Lipinski definition) is 4. The third-order valence-corrected chi connectivity index (χ3v) is 2.59. The largest absolute Gasteiger partial charge is 0.381 e. The first-order valence-electron chi connectivity index (χ1n) is 4.38. The second kappa shape index (κ2) is 3.94. The van der Waals surface area contributed by atoms with E-state index in [0.29, 0.717) is 10.4 Å². The second-order valence-electron chi connectivity index (χ2n) is 3.07. The topological polar surface area (TPSA) is 64.7 Å². The van der Waals surface area contributed by atoms with Gasteiger partial charge in [0.05, 0.1) is 11.4 Å². The number of nitrogens with two attached hydrogens (primary N) is 1. The summed E-state index contributed by atoms with van der Waals surface area (Å²) in [6, 6.07) is 3.78. The Morgan fingerprint density at radius 2 is 1.87 bits per heavy atom. The maximum Gasteiger partial charge on any atom is 0.156 e. The van der Waals surface area contributed by atoms with E-state index in [-0.39, 0.29) is 0 Å². The average Bonchev–Trinajstić information content (AvgIpc) is 2.25. The molecule has 2 heterocycles. The number of rotatable bonds is 1. The van der Waals surface area contributed by atoms with Crippen molar-refractivity contribution >= 4 is 21.7 Å². The highest BCUT2D eigenvalue weighted by Gasteiger charge is 2.08. The Kier molecular flexibility index (Phi) is 2.64. The van der Waals surface area contributed by atoms with Crippen LogP contribution in [0.4, 0.5) is 5.82 Å². The van der Waals surface area contributed by atoms with Crippen molar-refractivity contribution in [1.82, 2.24) is 15.0 Å². The molecular formula is C10H9BrN4. The van der Waals surface area contributed by atoms with Crippen LogP contribution >= 0.6 is 15.9 Å². The van der Waals surface area contributed by atoms with Crippen molar-refractivity contribution < 1.29 is 0 Å². The summed E-state index contributed by atoms with van der Waals surface area (Å²) in [6.07, 6.45) is 3.45. The Morgan fingerprint density at radius 1 is 1.20 bits per heavy atom. The molecule has 0 amide bonds. The van der Waals surface area contributed by atoms with Gasteiger partial charge in [-0.2, -0.15) is 0 Å². The maximum absolute atomic E-state index is 5.63. The molecule has 0 spiro atoms.